The van der Waals surface area contributed by atoms with Gasteiger partial charge in [0.2, 0.25) is 0 Å². The number of benzene rings is 1. The Bertz CT molecular complexity index is 579. The molecule has 0 radical (unpaired) electrons. The van der Waals surface area contributed by atoms with Gasteiger partial charge in [0, 0.05) is 23.0 Å². The molecule has 0 saturated heterocycles. The monoisotopic (exact) mass is 261 g/mol. The molecule has 1 aromatic heterocycles. The average Bonchev–Trinajstić information content (AvgIpc) is 2.39. The zero-order chi connectivity index (χ0) is 13.1. The molecule has 0 aliphatic carbocycles. The summed E-state index contributed by atoms with van der Waals surface area (Å²) in [6, 6.07) is 8.51. The number of pyridine rings is 1. The zero-order valence-electron chi connectivity index (χ0n) is 10.1. The van der Waals surface area contributed by atoms with Crippen molar-refractivity contribution < 1.29 is 9.53 Å². The number of ketones is 1. The molecule has 0 amide bonds. The summed E-state index contributed by atoms with van der Waals surface area (Å²) in [6.45, 7) is 1.87. The van der Waals surface area contributed by atoms with Gasteiger partial charge in [-0.2, -0.15) is 0 Å². The molecule has 0 spiro atoms. The van der Waals surface area contributed by atoms with Crippen LogP contribution in [0.1, 0.15) is 21.6 Å². The Morgan fingerprint density at radius 2 is 1.94 bits per heavy atom. The highest BCUT2D eigenvalue weighted by molar-refractivity contribution is 6.32. The van der Waals surface area contributed by atoms with Crippen molar-refractivity contribution in [2.24, 2.45) is 0 Å². The van der Waals surface area contributed by atoms with E-state index in [9.17, 15) is 4.79 Å². The summed E-state index contributed by atoms with van der Waals surface area (Å²) in [5.41, 5.74) is 1.95. The van der Waals surface area contributed by atoms with Crippen molar-refractivity contribution in [3.63, 3.8) is 0 Å². The van der Waals surface area contributed by atoms with Crippen molar-refractivity contribution in [1.29, 1.82) is 0 Å². The first-order valence-electron chi connectivity index (χ1n) is 5.42. The number of aryl methyl sites for hydroxylation is 1. The first-order chi connectivity index (χ1) is 8.61. The van der Waals surface area contributed by atoms with Crippen LogP contribution in [0.3, 0.4) is 0 Å². The minimum atomic E-state index is -0.0996. The van der Waals surface area contributed by atoms with Crippen LogP contribution >= 0.6 is 11.6 Å². The summed E-state index contributed by atoms with van der Waals surface area (Å²) in [4.78, 5) is 16.3. The molecule has 0 N–H and O–H groups in total. The molecule has 1 heterocycles. The number of aromatic nitrogens is 1. The predicted molar refractivity (Wildman–Crippen MR) is 70.4 cm³/mol. The molecule has 2 rings (SSSR count). The van der Waals surface area contributed by atoms with Gasteiger partial charge in [-0.15, -0.1) is 0 Å². The highest BCUT2D eigenvalue weighted by Gasteiger charge is 2.11. The lowest BCUT2D eigenvalue weighted by Crippen LogP contribution is -2.02. The van der Waals surface area contributed by atoms with Crippen molar-refractivity contribution in [2.75, 3.05) is 7.11 Å². The van der Waals surface area contributed by atoms with E-state index in [1.165, 1.54) is 7.11 Å². The molecule has 3 nitrogen and oxygen atoms in total. The lowest BCUT2D eigenvalue weighted by atomic mass is 10.0. The molecule has 0 unspecified atom stereocenters. The summed E-state index contributed by atoms with van der Waals surface area (Å²) < 4.78 is 5.09. The third kappa shape index (κ3) is 2.51. The van der Waals surface area contributed by atoms with Crippen molar-refractivity contribution in [2.45, 2.75) is 6.92 Å². The summed E-state index contributed by atoms with van der Waals surface area (Å²) in [5, 5.41) is 0.482. The van der Waals surface area contributed by atoms with Crippen LogP contribution in [0.15, 0.2) is 36.5 Å². The summed E-state index contributed by atoms with van der Waals surface area (Å²) in [5.74, 6) is 0.389. The molecular formula is C14H12ClNO2. The molecule has 1 aromatic carbocycles. The van der Waals surface area contributed by atoms with Crippen molar-refractivity contribution in [1.82, 2.24) is 4.98 Å². The Morgan fingerprint density at radius 1 is 1.22 bits per heavy atom. The van der Waals surface area contributed by atoms with E-state index < -0.39 is 0 Å². The summed E-state index contributed by atoms with van der Waals surface area (Å²) in [6.07, 6.45) is 1.57. The van der Waals surface area contributed by atoms with E-state index in [1.54, 1.807) is 36.5 Å². The van der Waals surface area contributed by atoms with E-state index in [2.05, 4.69) is 4.98 Å². The topological polar surface area (TPSA) is 39.2 Å². The van der Waals surface area contributed by atoms with Crippen molar-refractivity contribution >= 4 is 17.4 Å². The van der Waals surface area contributed by atoms with Crippen LogP contribution in [0.5, 0.6) is 5.75 Å². The molecule has 92 valence electrons. The Balaban J connectivity index is 2.37. The van der Waals surface area contributed by atoms with E-state index in [1.807, 2.05) is 6.92 Å². The number of carbonyl (C=O) groups is 1. The highest BCUT2D eigenvalue weighted by atomic mass is 35.5. The normalized spacial score (nSPS) is 10.2. The number of methoxy groups -OCH3 is 1. The molecule has 0 bridgehead atoms. The number of hydrogen-bond donors (Lipinski definition) is 0. The number of carbonyl (C=O) groups excluding carboxylic acids is 1. The van der Waals surface area contributed by atoms with Gasteiger partial charge < -0.3 is 4.74 Å². The van der Waals surface area contributed by atoms with E-state index in [-0.39, 0.29) is 5.78 Å². The Kier molecular flexibility index (Phi) is 3.63. The first-order valence-corrected chi connectivity index (χ1v) is 5.80. The summed E-state index contributed by atoms with van der Waals surface area (Å²) >= 11 is 5.92. The average molecular weight is 262 g/mol. The third-order valence-electron chi connectivity index (χ3n) is 2.59. The van der Waals surface area contributed by atoms with Gasteiger partial charge in [-0.05, 0) is 37.3 Å². The van der Waals surface area contributed by atoms with Crippen LogP contribution < -0.4 is 4.74 Å². The van der Waals surface area contributed by atoms with E-state index in [4.69, 9.17) is 16.3 Å². The van der Waals surface area contributed by atoms with Crippen LogP contribution in [0.2, 0.25) is 5.02 Å². The highest BCUT2D eigenvalue weighted by Crippen LogP contribution is 2.26. The first kappa shape index (κ1) is 12.6. The fourth-order valence-corrected chi connectivity index (χ4v) is 1.76. The third-order valence-corrected chi connectivity index (χ3v) is 2.90. The second-order valence-electron chi connectivity index (χ2n) is 3.87. The number of rotatable bonds is 3. The van der Waals surface area contributed by atoms with Gasteiger partial charge in [-0.3, -0.25) is 9.78 Å². The molecular weight excluding hydrogens is 250 g/mol. The Labute approximate surface area is 110 Å². The molecule has 0 aliphatic heterocycles. The lowest BCUT2D eigenvalue weighted by molar-refractivity contribution is 0.103. The minimum Gasteiger partial charge on any atom is -0.495 e. The SMILES string of the molecule is COc1cc(C(=O)c2ccc(C)nc2)ccc1Cl. The number of halogens is 1. The molecule has 18 heavy (non-hydrogen) atoms. The molecule has 0 aliphatic rings. The van der Waals surface area contributed by atoms with Gasteiger partial charge in [0.25, 0.3) is 0 Å². The van der Waals surface area contributed by atoms with Gasteiger partial charge in [0.05, 0.1) is 12.1 Å². The zero-order valence-corrected chi connectivity index (χ0v) is 10.9. The minimum absolute atomic E-state index is 0.0996. The van der Waals surface area contributed by atoms with Gasteiger partial charge in [-0.25, -0.2) is 0 Å². The molecule has 0 saturated carbocycles. The fraction of sp³-hybridized carbons (Fsp3) is 0.143. The number of ether oxygens (including phenoxy) is 1. The van der Waals surface area contributed by atoms with Crippen LogP contribution in [-0.4, -0.2) is 17.9 Å². The summed E-state index contributed by atoms with van der Waals surface area (Å²) in [7, 11) is 1.52. The molecule has 0 atom stereocenters. The van der Waals surface area contributed by atoms with E-state index >= 15 is 0 Å². The van der Waals surface area contributed by atoms with Crippen molar-refractivity contribution in [3.8, 4) is 5.75 Å². The van der Waals surface area contributed by atoms with Crippen LogP contribution in [0.4, 0.5) is 0 Å². The van der Waals surface area contributed by atoms with Gasteiger partial charge in [0.1, 0.15) is 5.75 Å². The standard InChI is InChI=1S/C14H12ClNO2/c1-9-3-4-11(8-16-9)14(17)10-5-6-12(15)13(7-10)18-2/h3-8H,1-2H3. The van der Waals surface area contributed by atoms with Gasteiger partial charge in [-0.1, -0.05) is 11.6 Å². The maximum Gasteiger partial charge on any atom is 0.194 e. The quantitative estimate of drug-likeness (QED) is 0.796. The van der Waals surface area contributed by atoms with Gasteiger partial charge in [0.15, 0.2) is 5.78 Å². The van der Waals surface area contributed by atoms with E-state index in [0.717, 1.165) is 5.69 Å². The predicted octanol–water partition coefficient (Wildman–Crippen LogP) is 3.28. The smallest absolute Gasteiger partial charge is 0.194 e. The maximum absolute atomic E-state index is 12.2. The molecule has 2 aromatic rings. The second kappa shape index (κ2) is 5.19. The number of hydrogen-bond acceptors (Lipinski definition) is 3. The van der Waals surface area contributed by atoms with Crippen LogP contribution in [-0.2, 0) is 0 Å². The van der Waals surface area contributed by atoms with Crippen molar-refractivity contribution in [3.05, 3.63) is 58.4 Å². The van der Waals surface area contributed by atoms with Crippen LogP contribution in [0, 0.1) is 6.92 Å². The van der Waals surface area contributed by atoms with Gasteiger partial charge >= 0.3 is 0 Å². The lowest BCUT2D eigenvalue weighted by Gasteiger charge is -2.06. The van der Waals surface area contributed by atoms with Crippen LogP contribution in [0.25, 0.3) is 0 Å². The largest absolute Gasteiger partial charge is 0.495 e. The Hall–Kier alpha value is -1.87. The maximum atomic E-state index is 12.2. The second-order valence-corrected chi connectivity index (χ2v) is 4.27. The molecule has 0 fully saturated rings. The molecule has 4 heteroatoms. The fourth-order valence-electron chi connectivity index (χ4n) is 1.57. The number of nitrogens with zero attached hydrogens (tertiary/aromatic N) is 1. The van der Waals surface area contributed by atoms with E-state index in [0.29, 0.717) is 21.9 Å². The Morgan fingerprint density at radius 3 is 2.56 bits per heavy atom.